The van der Waals surface area contributed by atoms with E-state index in [1.807, 2.05) is 55.5 Å². The highest BCUT2D eigenvalue weighted by atomic mass is 79.9. The molecule has 110 valence electrons. The van der Waals surface area contributed by atoms with Crippen LogP contribution in [0.25, 0.3) is 0 Å². The summed E-state index contributed by atoms with van der Waals surface area (Å²) in [6.07, 6.45) is 0. The lowest BCUT2D eigenvalue weighted by Gasteiger charge is -2.08. The zero-order chi connectivity index (χ0) is 15.5. The molecule has 0 saturated carbocycles. The minimum absolute atomic E-state index is 0.168. The average molecular weight is 356 g/mol. The topological polar surface area (TPSA) is 46.9 Å². The third-order valence-electron chi connectivity index (χ3n) is 3.16. The molecule has 2 aromatic carbocycles. The second-order valence-corrected chi connectivity index (χ2v) is 5.80. The van der Waals surface area contributed by atoms with Gasteiger partial charge < -0.3 is 5.32 Å². The van der Waals surface area contributed by atoms with Gasteiger partial charge in [0.05, 0.1) is 5.69 Å². The molecular formula is C17H14BrN3O. The maximum Gasteiger partial charge on any atom is 0.280 e. The summed E-state index contributed by atoms with van der Waals surface area (Å²) in [4.78, 5) is 12.6. The van der Waals surface area contributed by atoms with Crippen molar-refractivity contribution in [2.75, 3.05) is 5.32 Å². The predicted octanol–water partition coefficient (Wildman–Crippen LogP) is 4.39. The quantitative estimate of drug-likeness (QED) is 0.757. The highest BCUT2D eigenvalue weighted by Crippen LogP contribution is 2.19. The number of hydrogen-bond acceptors (Lipinski definition) is 3. The molecule has 0 aliphatic heterocycles. The summed E-state index contributed by atoms with van der Waals surface area (Å²) in [5.74, 6) is 0.482. The first-order valence-electron chi connectivity index (χ1n) is 6.82. The van der Waals surface area contributed by atoms with Crippen LogP contribution in [0.3, 0.4) is 0 Å². The van der Waals surface area contributed by atoms with Crippen LogP contribution in [0, 0.1) is 6.92 Å². The monoisotopic (exact) mass is 355 g/mol. The van der Waals surface area contributed by atoms with Gasteiger partial charge in [0, 0.05) is 21.8 Å². The van der Waals surface area contributed by atoms with Crippen LogP contribution in [-0.2, 0) is 0 Å². The maximum absolute atomic E-state index is 12.6. The SMILES string of the molecule is Cc1cc(Nc2ccccc2)n(C(=O)c2ccc(Br)cc2)n1. The molecule has 0 unspecified atom stereocenters. The van der Waals surface area contributed by atoms with E-state index >= 15 is 0 Å². The van der Waals surface area contributed by atoms with Crippen molar-refractivity contribution in [3.05, 3.63) is 76.4 Å². The Bertz CT molecular complexity index is 795. The summed E-state index contributed by atoms with van der Waals surface area (Å²) >= 11 is 3.37. The average Bonchev–Trinajstić information content (AvgIpc) is 2.89. The Morgan fingerprint density at radius 3 is 2.45 bits per heavy atom. The van der Waals surface area contributed by atoms with Crippen LogP contribution in [0.1, 0.15) is 16.1 Å². The molecular weight excluding hydrogens is 342 g/mol. The molecule has 4 nitrogen and oxygen atoms in total. The van der Waals surface area contributed by atoms with Crippen LogP contribution in [0.2, 0.25) is 0 Å². The third kappa shape index (κ3) is 3.09. The van der Waals surface area contributed by atoms with Crippen molar-refractivity contribution < 1.29 is 4.79 Å². The molecule has 0 bridgehead atoms. The number of aromatic nitrogens is 2. The molecule has 0 atom stereocenters. The summed E-state index contributed by atoms with van der Waals surface area (Å²) < 4.78 is 2.33. The first kappa shape index (κ1) is 14.5. The third-order valence-corrected chi connectivity index (χ3v) is 3.69. The Morgan fingerprint density at radius 1 is 1.09 bits per heavy atom. The minimum atomic E-state index is -0.168. The molecule has 3 rings (SSSR count). The fourth-order valence-electron chi connectivity index (χ4n) is 2.13. The van der Waals surface area contributed by atoms with Crippen LogP contribution < -0.4 is 5.32 Å². The Labute approximate surface area is 136 Å². The van der Waals surface area contributed by atoms with Crippen LogP contribution >= 0.6 is 15.9 Å². The lowest BCUT2D eigenvalue weighted by atomic mass is 10.2. The van der Waals surface area contributed by atoms with E-state index in [9.17, 15) is 4.79 Å². The highest BCUT2D eigenvalue weighted by Gasteiger charge is 2.15. The number of halogens is 1. The number of nitrogens with zero attached hydrogens (tertiary/aromatic N) is 2. The smallest absolute Gasteiger partial charge is 0.280 e. The zero-order valence-corrected chi connectivity index (χ0v) is 13.5. The van der Waals surface area contributed by atoms with Crippen molar-refractivity contribution in [3.8, 4) is 0 Å². The van der Waals surface area contributed by atoms with Gasteiger partial charge in [-0.05, 0) is 43.3 Å². The van der Waals surface area contributed by atoms with Gasteiger partial charge in [0.15, 0.2) is 0 Å². The molecule has 1 heterocycles. The van der Waals surface area contributed by atoms with Gasteiger partial charge in [-0.3, -0.25) is 4.79 Å². The number of nitrogens with one attached hydrogen (secondary N) is 1. The molecule has 0 amide bonds. The van der Waals surface area contributed by atoms with Crippen LogP contribution in [0.4, 0.5) is 11.5 Å². The molecule has 0 aliphatic rings. The fraction of sp³-hybridized carbons (Fsp3) is 0.0588. The number of carbonyl (C=O) groups excluding carboxylic acids is 1. The van der Waals surface area contributed by atoms with Crippen molar-refractivity contribution in [2.45, 2.75) is 6.92 Å². The van der Waals surface area contributed by atoms with Gasteiger partial charge in [0.25, 0.3) is 5.91 Å². The summed E-state index contributed by atoms with van der Waals surface area (Å²) in [7, 11) is 0. The van der Waals surface area contributed by atoms with E-state index < -0.39 is 0 Å². The van der Waals surface area contributed by atoms with Crippen molar-refractivity contribution in [2.24, 2.45) is 0 Å². The Hall–Kier alpha value is -2.40. The van der Waals surface area contributed by atoms with Gasteiger partial charge in [-0.1, -0.05) is 34.1 Å². The van der Waals surface area contributed by atoms with E-state index in [0.29, 0.717) is 11.4 Å². The number of carbonyl (C=O) groups is 1. The number of benzene rings is 2. The second kappa shape index (κ2) is 6.15. The van der Waals surface area contributed by atoms with E-state index in [-0.39, 0.29) is 5.91 Å². The number of para-hydroxylation sites is 1. The number of aryl methyl sites for hydroxylation is 1. The van der Waals surface area contributed by atoms with Gasteiger partial charge >= 0.3 is 0 Å². The number of anilines is 2. The van der Waals surface area contributed by atoms with Gasteiger partial charge in [-0.15, -0.1) is 0 Å². The van der Waals surface area contributed by atoms with Crippen molar-refractivity contribution in [1.29, 1.82) is 0 Å². The van der Waals surface area contributed by atoms with E-state index in [2.05, 4.69) is 26.3 Å². The summed E-state index contributed by atoms with van der Waals surface area (Å²) in [5.41, 5.74) is 2.28. The molecule has 5 heteroatoms. The Morgan fingerprint density at radius 2 is 1.77 bits per heavy atom. The van der Waals surface area contributed by atoms with E-state index in [1.165, 1.54) is 4.68 Å². The van der Waals surface area contributed by atoms with Crippen molar-refractivity contribution >= 4 is 33.3 Å². The Balaban J connectivity index is 1.94. The molecule has 0 radical (unpaired) electrons. The fourth-order valence-corrected chi connectivity index (χ4v) is 2.39. The van der Waals surface area contributed by atoms with E-state index in [1.54, 1.807) is 12.1 Å². The summed E-state index contributed by atoms with van der Waals surface area (Å²) in [6, 6.07) is 18.8. The highest BCUT2D eigenvalue weighted by molar-refractivity contribution is 9.10. The van der Waals surface area contributed by atoms with Crippen LogP contribution in [-0.4, -0.2) is 15.7 Å². The molecule has 22 heavy (non-hydrogen) atoms. The molecule has 0 fully saturated rings. The number of rotatable bonds is 3. The van der Waals surface area contributed by atoms with Crippen LogP contribution in [0.15, 0.2) is 65.1 Å². The minimum Gasteiger partial charge on any atom is -0.340 e. The summed E-state index contributed by atoms with van der Waals surface area (Å²) in [6.45, 7) is 1.86. The van der Waals surface area contributed by atoms with Crippen molar-refractivity contribution in [1.82, 2.24) is 9.78 Å². The predicted molar refractivity (Wildman–Crippen MR) is 90.6 cm³/mol. The maximum atomic E-state index is 12.6. The van der Waals surface area contributed by atoms with Gasteiger partial charge in [-0.25, -0.2) is 0 Å². The standard InChI is InChI=1S/C17H14BrN3O/c1-12-11-16(19-15-5-3-2-4-6-15)21(20-12)17(22)13-7-9-14(18)10-8-13/h2-11,19H,1H3. The molecule has 0 aliphatic carbocycles. The molecule has 1 N–H and O–H groups in total. The first-order chi connectivity index (χ1) is 10.6. The normalized spacial score (nSPS) is 10.5. The molecule has 1 aromatic heterocycles. The lowest BCUT2D eigenvalue weighted by Crippen LogP contribution is -2.16. The van der Waals surface area contributed by atoms with Crippen LogP contribution in [0.5, 0.6) is 0 Å². The van der Waals surface area contributed by atoms with Gasteiger partial charge in [-0.2, -0.15) is 9.78 Å². The molecule has 0 saturated heterocycles. The first-order valence-corrected chi connectivity index (χ1v) is 7.62. The molecule has 0 spiro atoms. The Kier molecular flexibility index (Phi) is 4.06. The largest absolute Gasteiger partial charge is 0.340 e. The van der Waals surface area contributed by atoms with E-state index in [0.717, 1.165) is 15.9 Å². The number of hydrogen-bond donors (Lipinski definition) is 1. The molecule has 3 aromatic rings. The van der Waals surface area contributed by atoms with Crippen molar-refractivity contribution in [3.63, 3.8) is 0 Å². The summed E-state index contributed by atoms with van der Waals surface area (Å²) in [5, 5.41) is 7.52. The zero-order valence-electron chi connectivity index (χ0n) is 12.0. The van der Waals surface area contributed by atoms with Gasteiger partial charge in [0.1, 0.15) is 5.82 Å². The van der Waals surface area contributed by atoms with E-state index in [4.69, 9.17) is 0 Å². The van der Waals surface area contributed by atoms with Gasteiger partial charge in [0.2, 0.25) is 0 Å². The lowest BCUT2D eigenvalue weighted by molar-refractivity contribution is 0.0947. The second-order valence-electron chi connectivity index (χ2n) is 4.89.